The van der Waals surface area contributed by atoms with Gasteiger partial charge in [0.25, 0.3) is 0 Å². The van der Waals surface area contributed by atoms with Gasteiger partial charge < -0.3 is 10.4 Å². The Morgan fingerprint density at radius 1 is 1.61 bits per heavy atom. The standard InChI is InChI=1S/C13H15BrFNO2/c1-9(8-17)7-16-13(18)5-2-10-6-11(14)3-4-12(10)15/h2-6,9,17H,7-8H2,1H3,(H,16,18). The van der Waals surface area contributed by atoms with Crippen LogP contribution >= 0.6 is 15.9 Å². The Labute approximate surface area is 114 Å². The Kier molecular flexibility index (Phi) is 6.01. The Balaban J connectivity index is 2.58. The first-order chi connectivity index (χ1) is 8.52. The average molecular weight is 316 g/mol. The van der Waals surface area contributed by atoms with Crippen molar-refractivity contribution < 1.29 is 14.3 Å². The number of carbonyl (C=O) groups excluding carboxylic acids is 1. The SMILES string of the molecule is CC(CO)CNC(=O)C=Cc1cc(Br)ccc1F. The number of aliphatic hydroxyl groups is 1. The van der Waals surface area contributed by atoms with Crippen molar-refractivity contribution in [3.8, 4) is 0 Å². The molecule has 0 aromatic heterocycles. The molecule has 1 aromatic rings. The molecule has 0 aliphatic carbocycles. The Morgan fingerprint density at radius 3 is 3.00 bits per heavy atom. The highest BCUT2D eigenvalue weighted by molar-refractivity contribution is 9.10. The molecule has 5 heteroatoms. The minimum Gasteiger partial charge on any atom is -0.396 e. The normalized spacial score (nSPS) is 12.7. The summed E-state index contributed by atoms with van der Waals surface area (Å²) in [6.07, 6.45) is 2.69. The van der Waals surface area contributed by atoms with Gasteiger partial charge in [0.1, 0.15) is 5.82 Å². The van der Waals surface area contributed by atoms with Crippen molar-refractivity contribution in [2.45, 2.75) is 6.92 Å². The predicted molar refractivity (Wildman–Crippen MR) is 72.4 cm³/mol. The fourth-order valence-corrected chi connectivity index (χ4v) is 1.58. The summed E-state index contributed by atoms with van der Waals surface area (Å²) in [7, 11) is 0. The largest absolute Gasteiger partial charge is 0.396 e. The molecule has 0 fully saturated rings. The molecule has 0 aliphatic rings. The lowest BCUT2D eigenvalue weighted by Gasteiger charge is -2.07. The topological polar surface area (TPSA) is 49.3 Å². The summed E-state index contributed by atoms with van der Waals surface area (Å²) in [5, 5.41) is 11.4. The van der Waals surface area contributed by atoms with Crippen molar-refractivity contribution in [1.29, 1.82) is 0 Å². The first-order valence-corrected chi connectivity index (χ1v) is 6.34. The molecule has 1 atom stereocenters. The van der Waals surface area contributed by atoms with Crippen LogP contribution in [0.1, 0.15) is 12.5 Å². The molecule has 0 saturated heterocycles. The summed E-state index contributed by atoms with van der Waals surface area (Å²) in [5.41, 5.74) is 0.342. The van der Waals surface area contributed by atoms with Gasteiger partial charge in [-0.2, -0.15) is 0 Å². The summed E-state index contributed by atoms with van der Waals surface area (Å²) in [5.74, 6) is -0.689. The Morgan fingerprint density at radius 2 is 2.33 bits per heavy atom. The Hall–Kier alpha value is -1.20. The number of hydrogen-bond donors (Lipinski definition) is 2. The van der Waals surface area contributed by atoms with Crippen LogP contribution in [-0.4, -0.2) is 24.2 Å². The number of benzene rings is 1. The maximum atomic E-state index is 13.4. The van der Waals surface area contributed by atoms with E-state index >= 15 is 0 Å². The van der Waals surface area contributed by atoms with Gasteiger partial charge in [-0.15, -0.1) is 0 Å². The van der Waals surface area contributed by atoms with Crippen LogP contribution in [0.2, 0.25) is 0 Å². The van der Waals surface area contributed by atoms with Crippen molar-refractivity contribution in [2.75, 3.05) is 13.2 Å². The van der Waals surface area contributed by atoms with E-state index < -0.39 is 0 Å². The molecular formula is C13H15BrFNO2. The third-order valence-corrected chi connectivity index (χ3v) is 2.80. The van der Waals surface area contributed by atoms with Gasteiger partial charge in [0, 0.05) is 29.3 Å². The van der Waals surface area contributed by atoms with Crippen LogP contribution in [0.25, 0.3) is 6.08 Å². The third-order valence-electron chi connectivity index (χ3n) is 2.31. The van der Waals surface area contributed by atoms with Gasteiger partial charge in [0.15, 0.2) is 0 Å². The van der Waals surface area contributed by atoms with Gasteiger partial charge in [-0.3, -0.25) is 4.79 Å². The monoisotopic (exact) mass is 315 g/mol. The van der Waals surface area contributed by atoms with Crippen molar-refractivity contribution in [2.24, 2.45) is 5.92 Å². The number of rotatable bonds is 5. The third kappa shape index (κ3) is 4.98. The number of nitrogens with one attached hydrogen (secondary N) is 1. The molecule has 0 bridgehead atoms. The number of hydrogen-bond acceptors (Lipinski definition) is 2. The minimum absolute atomic E-state index is 0.00459. The molecule has 0 spiro atoms. The lowest BCUT2D eigenvalue weighted by molar-refractivity contribution is -0.116. The second kappa shape index (κ2) is 7.28. The molecule has 0 radical (unpaired) electrons. The van der Waals surface area contributed by atoms with Crippen LogP contribution in [0.5, 0.6) is 0 Å². The maximum absolute atomic E-state index is 13.4. The molecule has 0 aliphatic heterocycles. The molecule has 0 heterocycles. The second-order valence-corrected chi connectivity index (χ2v) is 4.95. The van der Waals surface area contributed by atoms with Crippen LogP contribution < -0.4 is 5.32 Å². The molecule has 3 nitrogen and oxygen atoms in total. The summed E-state index contributed by atoms with van der Waals surface area (Å²) >= 11 is 3.23. The zero-order valence-corrected chi connectivity index (χ0v) is 11.6. The smallest absolute Gasteiger partial charge is 0.244 e. The van der Waals surface area contributed by atoms with Gasteiger partial charge in [0.2, 0.25) is 5.91 Å². The van der Waals surface area contributed by atoms with Crippen molar-refractivity contribution in [1.82, 2.24) is 5.32 Å². The summed E-state index contributed by atoms with van der Waals surface area (Å²) in [6, 6.07) is 4.51. The predicted octanol–water partition coefficient (Wildman–Crippen LogP) is 2.35. The van der Waals surface area contributed by atoms with E-state index in [4.69, 9.17) is 5.11 Å². The van der Waals surface area contributed by atoms with Crippen molar-refractivity contribution in [3.05, 3.63) is 40.1 Å². The van der Waals surface area contributed by atoms with Gasteiger partial charge in [-0.1, -0.05) is 22.9 Å². The summed E-state index contributed by atoms with van der Waals surface area (Å²) in [6.45, 7) is 2.23. The number of carbonyl (C=O) groups is 1. The minimum atomic E-state index is -0.383. The van der Waals surface area contributed by atoms with E-state index in [1.54, 1.807) is 12.1 Å². The molecule has 1 amide bonds. The zero-order valence-electron chi connectivity index (χ0n) is 9.99. The first-order valence-electron chi connectivity index (χ1n) is 5.54. The van der Waals surface area contributed by atoms with Gasteiger partial charge in [0.05, 0.1) is 0 Å². The molecular weight excluding hydrogens is 301 g/mol. The second-order valence-electron chi connectivity index (χ2n) is 4.03. The van der Waals surface area contributed by atoms with Crippen LogP contribution in [0.4, 0.5) is 4.39 Å². The van der Waals surface area contributed by atoms with Gasteiger partial charge in [-0.05, 0) is 30.2 Å². The zero-order chi connectivity index (χ0) is 13.5. The number of aliphatic hydroxyl groups excluding tert-OH is 1. The summed E-state index contributed by atoms with van der Waals surface area (Å²) < 4.78 is 14.1. The van der Waals surface area contributed by atoms with Crippen molar-refractivity contribution >= 4 is 27.9 Å². The van der Waals surface area contributed by atoms with Crippen molar-refractivity contribution in [3.63, 3.8) is 0 Å². The van der Waals surface area contributed by atoms with Gasteiger partial charge in [-0.25, -0.2) is 4.39 Å². The van der Waals surface area contributed by atoms with E-state index in [9.17, 15) is 9.18 Å². The lowest BCUT2D eigenvalue weighted by Crippen LogP contribution is -2.27. The lowest BCUT2D eigenvalue weighted by atomic mass is 10.2. The average Bonchev–Trinajstić information content (AvgIpc) is 2.36. The first kappa shape index (κ1) is 14.9. The quantitative estimate of drug-likeness (QED) is 0.819. The molecule has 1 rings (SSSR count). The van der Waals surface area contributed by atoms with E-state index in [2.05, 4.69) is 21.2 Å². The van der Waals surface area contributed by atoms with E-state index in [1.165, 1.54) is 18.2 Å². The molecule has 18 heavy (non-hydrogen) atoms. The molecule has 2 N–H and O–H groups in total. The van der Waals surface area contributed by atoms with E-state index in [0.29, 0.717) is 12.1 Å². The van der Waals surface area contributed by atoms with E-state index in [-0.39, 0.29) is 24.2 Å². The molecule has 98 valence electrons. The van der Waals surface area contributed by atoms with Crippen LogP contribution in [0.3, 0.4) is 0 Å². The fraction of sp³-hybridized carbons (Fsp3) is 0.308. The number of amides is 1. The maximum Gasteiger partial charge on any atom is 0.244 e. The molecule has 1 aromatic carbocycles. The van der Waals surface area contributed by atoms with Crippen LogP contribution in [-0.2, 0) is 4.79 Å². The molecule has 1 unspecified atom stereocenters. The van der Waals surface area contributed by atoms with Gasteiger partial charge >= 0.3 is 0 Å². The van der Waals surface area contributed by atoms with Crippen LogP contribution in [0, 0.1) is 11.7 Å². The summed E-state index contributed by atoms with van der Waals surface area (Å²) in [4.78, 5) is 11.4. The highest BCUT2D eigenvalue weighted by Crippen LogP contribution is 2.16. The number of halogens is 2. The highest BCUT2D eigenvalue weighted by Gasteiger charge is 2.03. The van der Waals surface area contributed by atoms with E-state index in [1.807, 2.05) is 6.92 Å². The van der Waals surface area contributed by atoms with Crippen LogP contribution in [0.15, 0.2) is 28.7 Å². The highest BCUT2D eigenvalue weighted by atomic mass is 79.9. The Bertz CT molecular complexity index is 449. The van der Waals surface area contributed by atoms with E-state index in [0.717, 1.165) is 4.47 Å². The molecule has 0 saturated carbocycles. The fourth-order valence-electron chi connectivity index (χ4n) is 1.21.